The Morgan fingerprint density at radius 1 is 1.20 bits per heavy atom. The third kappa shape index (κ3) is 3.10. The SMILES string of the molecule is CCN(C)S(=O)(=O)c1cc2c(cc1Cl)Oc1cc(C)ccc1NC2=O. The van der Waals surface area contributed by atoms with Crippen molar-refractivity contribution in [1.82, 2.24) is 4.31 Å². The van der Waals surface area contributed by atoms with E-state index in [2.05, 4.69) is 5.32 Å². The lowest BCUT2D eigenvalue weighted by molar-refractivity contribution is 0.102. The van der Waals surface area contributed by atoms with Crippen LogP contribution in [-0.4, -0.2) is 32.2 Å². The number of nitrogens with zero attached hydrogens (tertiary/aromatic N) is 1. The van der Waals surface area contributed by atoms with E-state index in [1.807, 2.05) is 13.0 Å². The highest BCUT2D eigenvalue weighted by molar-refractivity contribution is 7.89. The molecule has 3 rings (SSSR count). The van der Waals surface area contributed by atoms with E-state index >= 15 is 0 Å². The van der Waals surface area contributed by atoms with Gasteiger partial charge in [-0.3, -0.25) is 4.79 Å². The number of sulfonamides is 1. The van der Waals surface area contributed by atoms with Crippen LogP contribution in [0.15, 0.2) is 35.2 Å². The molecular formula is C17H17ClN2O4S. The first-order chi connectivity index (χ1) is 11.7. The Labute approximate surface area is 151 Å². The number of hydrogen-bond donors (Lipinski definition) is 1. The molecule has 0 spiro atoms. The molecule has 6 nitrogen and oxygen atoms in total. The molecule has 0 saturated heterocycles. The summed E-state index contributed by atoms with van der Waals surface area (Å²) in [4.78, 5) is 12.4. The minimum atomic E-state index is -3.80. The lowest BCUT2D eigenvalue weighted by Crippen LogP contribution is -2.27. The van der Waals surface area contributed by atoms with E-state index in [1.54, 1.807) is 19.1 Å². The predicted octanol–water partition coefficient (Wildman–Crippen LogP) is 3.65. The van der Waals surface area contributed by atoms with Gasteiger partial charge in [0.05, 0.1) is 16.3 Å². The van der Waals surface area contributed by atoms with Crippen LogP contribution in [0.5, 0.6) is 11.5 Å². The number of carbonyl (C=O) groups is 1. The number of amides is 1. The van der Waals surface area contributed by atoms with Crippen molar-refractivity contribution in [2.24, 2.45) is 0 Å². The Bertz CT molecular complexity index is 973. The van der Waals surface area contributed by atoms with E-state index in [-0.39, 0.29) is 27.8 Å². The lowest BCUT2D eigenvalue weighted by Gasteiger charge is -2.17. The van der Waals surface area contributed by atoms with Gasteiger partial charge in [0.25, 0.3) is 5.91 Å². The highest BCUT2D eigenvalue weighted by Crippen LogP contribution is 2.39. The lowest BCUT2D eigenvalue weighted by atomic mass is 10.2. The number of ether oxygens (including phenoxy) is 1. The Hall–Kier alpha value is -2.09. The molecule has 1 N–H and O–H groups in total. The minimum Gasteiger partial charge on any atom is -0.454 e. The van der Waals surface area contributed by atoms with Crippen molar-refractivity contribution in [3.8, 4) is 11.5 Å². The number of aryl methyl sites for hydroxylation is 1. The second-order valence-corrected chi connectivity index (χ2v) is 8.17. The van der Waals surface area contributed by atoms with Crippen molar-refractivity contribution >= 4 is 33.2 Å². The smallest absolute Gasteiger partial charge is 0.259 e. The molecule has 0 aromatic heterocycles. The van der Waals surface area contributed by atoms with Gasteiger partial charge in [0.2, 0.25) is 10.0 Å². The number of benzene rings is 2. The van der Waals surface area contributed by atoms with Gasteiger partial charge in [0.1, 0.15) is 10.6 Å². The van der Waals surface area contributed by atoms with Crippen LogP contribution < -0.4 is 10.1 Å². The molecule has 8 heteroatoms. The molecule has 2 aromatic rings. The molecule has 0 fully saturated rings. The first-order valence-corrected chi connectivity index (χ1v) is 9.45. The van der Waals surface area contributed by atoms with E-state index in [0.29, 0.717) is 11.4 Å². The first-order valence-electron chi connectivity index (χ1n) is 7.63. The third-order valence-corrected chi connectivity index (χ3v) is 6.41. The molecule has 1 amide bonds. The van der Waals surface area contributed by atoms with Crippen molar-refractivity contribution in [2.75, 3.05) is 18.9 Å². The molecule has 0 aliphatic carbocycles. The van der Waals surface area contributed by atoms with Crippen LogP contribution in [0.3, 0.4) is 0 Å². The average molecular weight is 381 g/mol. The van der Waals surface area contributed by atoms with Gasteiger partial charge in [-0.2, -0.15) is 0 Å². The zero-order valence-electron chi connectivity index (χ0n) is 14.0. The number of anilines is 1. The van der Waals surface area contributed by atoms with Crippen LogP contribution in [0.2, 0.25) is 5.02 Å². The van der Waals surface area contributed by atoms with Crippen LogP contribution in [0.4, 0.5) is 5.69 Å². The molecule has 2 aromatic carbocycles. The van der Waals surface area contributed by atoms with Crippen LogP contribution in [-0.2, 0) is 10.0 Å². The third-order valence-electron chi connectivity index (χ3n) is 4.02. The van der Waals surface area contributed by atoms with Gasteiger partial charge in [-0.15, -0.1) is 0 Å². The highest BCUT2D eigenvalue weighted by Gasteiger charge is 2.28. The summed E-state index contributed by atoms with van der Waals surface area (Å²) in [5.41, 5.74) is 1.59. The second kappa shape index (κ2) is 6.33. The number of hydrogen-bond acceptors (Lipinski definition) is 4. The maximum Gasteiger partial charge on any atom is 0.259 e. The molecule has 1 aliphatic rings. The Balaban J connectivity index is 2.16. The van der Waals surface area contributed by atoms with Gasteiger partial charge in [-0.25, -0.2) is 12.7 Å². The van der Waals surface area contributed by atoms with Gasteiger partial charge in [0, 0.05) is 19.7 Å². The molecule has 0 atom stereocenters. The fourth-order valence-electron chi connectivity index (χ4n) is 2.46. The number of rotatable bonds is 3. The van der Waals surface area contributed by atoms with Gasteiger partial charge < -0.3 is 10.1 Å². The normalized spacial score (nSPS) is 13.6. The summed E-state index contributed by atoms with van der Waals surface area (Å²) in [7, 11) is -2.35. The Kier molecular flexibility index (Phi) is 4.49. The molecular weight excluding hydrogens is 364 g/mol. The number of carbonyl (C=O) groups excluding carboxylic acids is 1. The standard InChI is InChI=1S/C17H17ClN2O4S/c1-4-20(3)25(22,23)16-8-11-14(9-12(16)18)24-15-7-10(2)5-6-13(15)19-17(11)21/h5-9H,4H2,1-3H3,(H,19,21). The summed E-state index contributed by atoms with van der Waals surface area (Å²) in [6, 6.07) is 7.99. The van der Waals surface area contributed by atoms with Crippen LogP contribution in [0.25, 0.3) is 0 Å². The summed E-state index contributed by atoms with van der Waals surface area (Å²) in [6.07, 6.45) is 0. The molecule has 25 heavy (non-hydrogen) atoms. The van der Waals surface area contributed by atoms with Crippen molar-refractivity contribution in [3.63, 3.8) is 0 Å². The predicted molar refractivity (Wildman–Crippen MR) is 96.1 cm³/mol. The summed E-state index contributed by atoms with van der Waals surface area (Å²) in [5, 5.41) is 2.73. The molecule has 0 unspecified atom stereocenters. The monoisotopic (exact) mass is 380 g/mol. The first kappa shape index (κ1) is 17.7. The maximum absolute atomic E-state index is 12.6. The molecule has 1 heterocycles. The second-order valence-electron chi connectivity index (χ2n) is 5.75. The van der Waals surface area contributed by atoms with Crippen LogP contribution >= 0.6 is 11.6 Å². The van der Waals surface area contributed by atoms with Crippen molar-refractivity contribution in [3.05, 3.63) is 46.5 Å². The topological polar surface area (TPSA) is 75.7 Å². The van der Waals surface area contributed by atoms with E-state index in [0.717, 1.165) is 9.87 Å². The summed E-state index contributed by atoms with van der Waals surface area (Å²) in [6.45, 7) is 3.90. The summed E-state index contributed by atoms with van der Waals surface area (Å²) in [5.74, 6) is 0.235. The van der Waals surface area contributed by atoms with Gasteiger partial charge in [-0.1, -0.05) is 24.6 Å². The molecule has 132 valence electrons. The van der Waals surface area contributed by atoms with Gasteiger partial charge in [0.15, 0.2) is 5.75 Å². The van der Waals surface area contributed by atoms with Gasteiger partial charge in [-0.05, 0) is 30.7 Å². The van der Waals surface area contributed by atoms with E-state index in [9.17, 15) is 13.2 Å². The molecule has 0 bridgehead atoms. The molecule has 0 radical (unpaired) electrons. The van der Waals surface area contributed by atoms with Crippen molar-refractivity contribution < 1.29 is 17.9 Å². The summed E-state index contributed by atoms with van der Waals surface area (Å²) < 4.78 is 32.2. The quantitative estimate of drug-likeness (QED) is 0.881. The van der Waals surface area contributed by atoms with Gasteiger partial charge >= 0.3 is 0 Å². The zero-order valence-corrected chi connectivity index (χ0v) is 15.5. The van der Waals surface area contributed by atoms with E-state index in [1.165, 1.54) is 19.2 Å². The average Bonchev–Trinajstić information content (AvgIpc) is 2.68. The zero-order chi connectivity index (χ0) is 18.4. The van der Waals surface area contributed by atoms with Crippen LogP contribution in [0, 0.1) is 6.92 Å². The van der Waals surface area contributed by atoms with Crippen molar-refractivity contribution in [2.45, 2.75) is 18.7 Å². The fraction of sp³-hybridized carbons (Fsp3) is 0.235. The molecule has 0 saturated carbocycles. The van der Waals surface area contributed by atoms with E-state index in [4.69, 9.17) is 16.3 Å². The number of halogens is 1. The summed E-state index contributed by atoms with van der Waals surface area (Å²) >= 11 is 6.19. The molecule has 1 aliphatic heterocycles. The maximum atomic E-state index is 12.6. The Morgan fingerprint density at radius 3 is 2.60 bits per heavy atom. The van der Waals surface area contributed by atoms with E-state index < -0.39 is 15.9 Å². The van der Waals surface area contributed by atoms with Crippen molar-refractivity contribution in [1.29, 1.82) is 0 Å². The highest BCUT2D eigenvalue weighted by atomic mass is 35.5. The fourth-order valence-corrected chi connectivity index (χ4v) is 4.15. The minimum absolute atomic E-state index is 0.00273. The van der Waals surface area contributed by atoms with Crippen LogP contribution in [0.1, 0.15) is 22.8 Å². The number of fused-ring (bicyclic) bond motifs is 2. The Morgan fingerprint density at radius 2 is 1.92 bits per heavy atom. The number of nitrogens with one attached hydrogen (secondary N) is 1. The largest absolute Gasteiger partial charge is 0.454 e.